The van der Waals surface area contributed by atoms with Gasteiger partial charge in [0.15, 0.2) is 0 Å². The predicted molar refractivity (Wildman–Crippen MR) is 78.8 cm³/mol. The average molecular weight is 250 g/mol. The summed E-state index contributed by atoms with van der Waals surface area (Å²) in [5, 5.41) is 7.28. The molecule has 0 bridgehead atoms. The summed E-state index contributed by atoms with van der Waals surface area (Å²) in [7, 11) is 0. The standard InChI is InChI=1S/C16H30N2/c1-3-5-7-9-11-15(12-10-8-6-4-2)16-13-14-17-18-16/h13-15H,3-12H2,1-2H3,(H,17,18). The maximum atomic E-state index is 4.11. The lowest BCUT2D eigenvalue weighted by Crippen LogP contribution is -2.00. The molecule has 1 N–H and O–H groups in total. The maximum absolute atomic E-state index is 4.11. The summed E-state index contributed by atoms with van der Waals surface area (Å²) in [6.07, 6.45) is 15.5. The lowest BCUT2D eigenvalue weighted by Gasteiger charge is -2.15. The fourth-order valence-electron chi connectivity index (χ4n) is 2.58. The molecule has 0 saturated carbocycles. The van der Waals surface area contributed by atoms with Crippen molar-refractivity contribution in [3.63, 3.8) is 0 Å². The zero-order valence-electron chi connectivity index (χ0n) is 12.3. The summed E-state index contributed by atoms with van der Waals surface area (Å²) in [6.45, 7) is 4.55. The van der Waals surface area contributed by atoms with E-state index in [1.165, 1.54) is 69.9 Å². The highest BCUT2D eigenvalue weighted by atomic mass is 15.1. The molecular weight excluding hydrogens is 220 g/mol. The van der Waals surface area contributed by atoms with Crippen LogP contribution in [0.1, 0.15) is 89.7 Å². The van der Waals surface area contributed by atoms with Crippen molar-refractivity contribution in [3.05, 3.63) is 18.0 Å². The van der Waals surface area contributed by atoms with E-state index in [0.717, 1.165) is 0 Å². The molecule has 1 rings (SSSR count). The molecule has 1 heterocycles. The van der Waals surface area contributed by atoms with Gasteiger partial charge in [0.05, 0.1) is 0 Å². The first-order chi connectivity index (χ1) is 8.88. The van der Waals surface area contributed by atoms with Crippen molar-refractivity contribution in [1.29, 1.82) is 0 Å². The maximum Gasteiger partial charge on any atom is 0.0490 e. The van der Waals surface area contributed by atoms with E-state index < -0.39 is 0 Å². The molecule has 0 radical (unpaired) electrons. The van der Waals surface area contributed by atoms with Crippen LogP contribution in [-0.2, 0) is 0 Å². The number of rotatable bonds is 11. The van der Waals surface area contributed by atoms with Crippen molar-refractivity contribution >= 4 is 0 Å². The van der Waals surface area contributed by atoms with Gasteiger partial charge in [0.1, 0.15) is 0 Å². The number of nitrogens with zero attached hydrogens (tertiary/aromatic N) is 1. The third-order valence-corrected chi connectivity index (χ3v) is 3.77. The van der Waals surface area contributed by atoms with E-state index >= 15 is 0 Å². The van der Waals surface area contributed by atoms with E-state index in [1.807, 2.05) is 6.20 Å². The Hall–Kier alpha value is -0.790. The Bertz CT molecular complexity index is 255. The zero-order chi connectivity index (χ0) is 13.1. The first-order valence-corrected chi connectivity index (χ1v) is 7.87. The average Bonchev–Trinajstić information content (AvgIpc) is 2.91. The SMILES string of the molecule is CCCCCCC(CCCCCC)c1ccn[nH]1. The number of nitrogens with one attached hydrogen (secondary N) is 1. The van der Waals surface area contributed by atoms with E-state index in [1.54, 1.807) is 0 Å². The van der Waals surface area contributed by atoms with Crippen LogP contribution in [0.3, 0.4) is 0 Å². The summed E-state index contributed by atoms with van der Waals surface area (Å²) in [6, 6.07) is 2.16. The minimum Gasteiger partial charge on any atom is -0.282 e. The molecule has 0 unspecified atom stereocenters. The van der Waals surface area contributed by atoms with Gasteiger partial charge in [-0.1, -0.05) is 65.2 Å². The van der Waals surface area contributed by atoms with E-state index in [0.29, 0.717) is 5.92 Å². The van der Waals surface area contributed by atoms with Crippen LogP contribution in [0.15, 0.2) is 12.3 Å². The molecule has 2 nitrogen and oxygen atoms in total. The molecule has 0 aromatic carbocycles. The molecule has 18 heavy (non-hydrogen) atoms. The fraction of sp³-hybridized carbons (Fsp3) is 0.812. The summed E-state index contributed by atoms with van der Waals surface area (Å²) in [5.74, 6) is 0.709. The molecular formula is C16H30N2. The van der Waals surface area contributed by atoms with Gasteiger partial charge in [0.2, 0.25) is 0 Å². The van der Waals surface area contributed by atoms with Gasteiger partial charge in [0.25, 0.3) is 0 Å². The number of aromatic nitrogens is 2. The third-order valence-electron chi connectivity index (χ3n) is 3.77. The quantitative estimate of drug-likeness (QED) is 0.521. The zero-order valence-corrected chi connectivity index (χ0v) is 12.3. The van der Waals surface area contributed by atoms with E-state index in [9.17, 15) is 0 Å². The Labute approximate surface area is 113 Å². The highest BCUT2D eigenvalue weighted by Crippen LogP contribution is 2.26. The van der Waals surface area contributed by atoms with Gasteiger partial charge >= 0.3 is 0 Å². The van der Waals surface area contributed by atoms with Crippen molar-refractivity contribution in [2.45, 2.75) is 84.0 Å². The van der Waals surface area contributed by atoms with Gasteiger partial charge in [-0.15, -0.1) is 0 Å². The van der Waals surface area contributed by atoms with Crippen LogP contribution >= 0.6 is 0 Å². The van der Waals surface area contributed by atoms with Crippen molar-refractivity contribution < 1.29 is 0 Å². The molecule has 0 amide bonds. The minimum absolute atomic E-state index is 0.709. The molecule has 104 valence electrons. The normalized spacial score (nSPS) is 11.3. The second-order valence-corrected chi connectivity index (χ2v) is 5.41. The van der Waals surface area contributed by atoms with Crippen molar-refractivity contribution in [2.75, 3.05) is 0 Å². The second-order valence-electron chi connectivity index (χ2n) is 5.41. The smallest absolute Gasteiger partial charge is 0.0490 e. The second kappa shape index (κ2) is 10.2. The minimum atomic E-state index is 0.709. The first kappa shape index (κ1) is 15.3. The Morgan fingerprint density at radius 1 is 0.944 bits per heavy atom. The van der Waals surface area contributed by atoms with Crippen LogP contribution in [0.25, 0.3) is 0 Å². The van der Waals surface area contributed by atoms with E-state index in [-0.39, 0.29) is 0 Å². The van der Waals surface area contributed by atoms with Crippen LogP contribution in [-0.4, -0.2) is 10.2 Å². The first-order valence-electron chi connectivity index (χ1n) is 7.87. The summed E-state index contributed by atoms with van der Waals surface area (Å²) < 4.78 is 0. The van der Waals surface area contributed by atoms with Gasteiger partial charge in [-0.05, 0) is 18.9 Å². The third kappa shape index (κ3) is 6.23. The summed E-state index contributed by atoms with van der Waals surface area (Å²) in [5.41, 5.74) is 1.35. The van der Waals surface area contributed by atoms with Crippen LogP contribution < -0.4 is 0 Å². The number of hydrogen-bond donors (Lipinski definition) is 1. The number of unbranched alkanes of at least 4 members (excludes halogenated alkanes) is 6. The lowest BCUT2D eigenvalue weighted by atomic mass is 9.92. The Morgan fingerprint density at radius 2 is 1.56 bits per heavy atom. The molecule has 0 spiro atoms. The highest BCUT2D eigenvalue weighted by molar-refractivity contribution is 5.05. The topological polar surface area (TPSA) is 28.7 Å². The van der Waals surface area contributed by atoms with E-state index in [2.05, 4.69) is 30.1 Å². The number of hydrogen-bond acceptors (Lipinski definition) is 1. The van der Waals surface area contributed by atoms with Gasteiger partial charge in [-0.3, -0.25) is 5.10 Å². The fourth-order valence-corrected chi connectivity index (χ4v) is 2.58. The molecule has 0 aliphatic carbocycles. The largest absolute Gasteiger partial charge is 0.282 e. The Kier molecular flexibility index (Phi) is 8.62. The summed E-state index contributed by atoms with van der Waals surface area (Å²) in [4.78, 5) is 0. The van der Waals surface area contributed by atoms with Gasteiger partial charge in [0, 0.05) is 17.8 Å². The van der Waals surface area contributed by atoms with Crippen molar-refractivity contribution in [3.8, 4) is 0 Å². The highest BCUT2D eigenvalue weighted by Gasteiger charge is 2.12. The summed E-state index contributed by atoms with van der Waals surface area (Å²) >= 11 is 0. The monoisotopic (exact) mass is 250 g/mol. The van der Waals surface area contributed by atoms with Crippen LogP contribution in [0.5, 0.6) is 0 Å². The molecule has 0 aliphatic rings. The molecule has 0 atom stereocenters. The lowest BCUT2D eigenvalue weighted by molar-refractivity contribution is 0.488. The van der Waals surface area contributed by atoms with Crippen molar-refractivity contribution in [1.82, 2.24) is 10.2 Å². The number of aromatic amines is 1. The molecule has 1 aromatic rings. The van der Waals surface area contributed by atoms with Crippen LogP contribution in [0, 0.1) is 0 Å². The van der Waals surface area contributed by atoms with E-state index in [4.69, 9.17) is 0 Å². The molecule has 0 fully saturated rings. The molecule has 0 aliphatic heterocycles. The van der Waals surface area contributed by atoms with Gasteiger partial charge in [-0.25, -0.2) is 0 Å². The molecule has 2 heteroatoms. The van der Waals surface area contributed by atoms with Gasteiger partial charge in [-0.2, -0.15) is 5.10 Å². The van der Waals surface area contributed by atoms with Crippen LogP contribution in [0.4, 0.5) is 0 Å². The Balaban J connectivity index is 2.29. The molecule has 0 saturated heterocycles. The van der Waals surface area contributed by atoms with Gasteiger partial charge < -0.3 is 0 Å². The predicted octanol–water partition coefficient (Wildman–Crippen LogP) is 5.43. The van der Waals surface area contributed by atoms with Crippen LogP contribution in [0.2, 0.25) is 0 Å². The Morgan fingerprint density at radius 3 is 2.00 bits per heavy atom. The van der Waals surface area contributed by atoms with Crippen molar-refractivity contribution in [2.24, 2.45) is 0 Å². The number of H-pyrrole nitrogens is 1. The molecule has 1 aromatic heterocycles.